The number of rotatable bonds is 8. The molecule has 2 aromatic rings. The second-order valence-corrected chi connectivity index (χ2v) is 6.78. The van der Waals surface area contributed by atoms with Crippen molar-refractivity contribution in [1.29, 1.82) is 0 Å². The number of ketones is 1. The Hall–Kier alpha value is -2.99. The Balaban J connectivity index is 2.10. The fraction of sp³-hybridized carbons (Fsp3) is 0.318. The van der Waals surface area contributed by atoms with Crippen LogP contribution in [-0.4, -0.2) is 24.6 Å². The largest absolute Gasteiger partial charge is 0.466 e. The Labute approximate surface area is 163 Å². The molecule has 3 rings (SSSR count). The summed E-state index contributed by atoms with van der Waals surface area (Å²) in [5.41, 5.74) is 0.665. The predicted molar refractivity (Wildman–Crippen MR) is 106 cm³/mol. The first kappa shape index (κ1) is 19.8. The fourth-order valence-electron chi connectivity index (χ4n) is 3.49. The van der Waals surface area contributed by atoms with E-state index < -0.39 is 10.7 Å². The van der Waals surface area contributed by atoms with Crippen molar-refractivity contribution in [2.45, 2.75) is 25.7 Å². The third-order valence-electron chi connectivity index (χ3n) is 4.89. The van der Waals surface area contributed by atoms with Gasteiger partial charge in [0.2, 0.25) is 5.78 Å². The van der Waals surface area contributed by atoms with E-state index in [1.807, 2.05) is 6.08 Å². The second kappa shape index (κ2) is 9.28. The van der Waals surface area contributed by atoms with Crippen molar-refractivity contribution in [3.05, 3.63) is 75.3 Å². The molecule has 1 aliphatic carbocycles. The molecule has 0 bridgehead atoms. The summed E-state index contributed by atoms with van der Waals surface area (Å²) in [6.45, 7) is -0.111. The molecular weight excluding hydrogens is 358 g/mol. The number of hydrogen-bond acceptors (Lipinski definition) is 5. The zero-order valence-corrected chi connectivity index (χ0v) is 15.8. The number of ether oxygens (including phenoxy) is 2. The first-order valence-corrected chi connectivity index (χ1v) is 9.33. The summed E-state index contributed by atoms with van der Waals surface area (Å²) < 4.78 is 10.7. The highest BCUT2D eigenvalue weighted by Crippen LogP contribution is 2.36. The Bertz CT molecular complexity index is 870. The molecule has 2 aromatic carbocycles. The van der Waals surface area contributed by atoms with Crippen LogP contribution >= 0.6 is 0 Å². The van der Waals surface area contributed by atoms with E-state index in [2.05, 4.69) is 6.08 Å². The first-order valence-electron chi connectivity index (χ1n) is 9.33. The molecule has 0 aromatic heterocycles. The highest BCUT2D eigenvalue weighted by atomic mass is 16.7. The van der Waals surface area contributed by atoms with Crippen LogP contribution in [0.3, 0.4) is 0 Å². The van der Waals surface area contributed by atoms with E-state index in [9.17, 15) is 14.9 Å². The van der Waals surface area contributed by atoms with Crippen molar-refractivity contribution < 1.29 is 19.2 Å². The summed E-state index contributed by atoms with van der Waals surface area (Å²) in [4.78, 5) is 24.2. The van der Waals surface area contributed by atoms with Crippen LogP contribution in [0, 0.1) is 16.0 Å². The average Bonchev–Trinajstić information content (AvgIpc) is 3.24. The minimum Gasteiger partial charge on any atom is -0.466 e. The zero-order valence-electron chi connectivity index (χ0n) is 15.8. The molecule has 0 saturated heterocycles. The van der Waals surface area contributed by atoms with Gasteiger partial charge in [-0.2, -0.15) is 0 Å². The monoisotopic (exact) mass is 381 g/mol. The van der Waals surface area contributed by atoms with Crippen LogP contribution in [0.15, 0.2) is 48.5 Å². The van der Waals surface area contributed by atoms with Gasteiger partial charge in [-0.25, -0.2) is 0 Å². The van der Waals surface area contributed by atoms with E-state index >= 15 is 0 Å². The van der Waals surface area contributed by atoms with Gasteiger partial charge in [-0.05, 0) is 24.8 Å². The van der Waals surface area contributed by atoms with Gasteiger partial charge in [-0.15, -0.1) is 0 Å². The minimum atomic E-state index is -0.555. The highest BCUT2D eigenvalue weighted by Gasteiger charge is 2.28. The van der Waals surface area contributed by atoms with Crippen LogP contribution in [0.2, 0.25) is 0 Å². The average molecular weight is 381 g/mol. The molecule has 6 nitrogen and oxygen atoms in total. The van der Waals surface area contributed by atoms with Gasteiger partial charge in [0, 0.05) is 24.3 Å². The molecule has 146 valence electrons. The van der Waals surface area contributed by atoms with Crippen LogP contribution in [-0.2, 0) is 4.74 Å². The quantitative estimate of drug-likeness (QED) is 0.278. The minimum absolute atomic E-state index is 0.0539. The summed E-state index contributed by atoms with van der Waals surface area (Å²) in [6, 6.07) is 11.5. The molecule has 0 unspecified atom stereocenters. The molecule has 0 aliphatic heterocycles. The van der Waals surface area contributed by atoms with Crippen LogP contribution < -0.4 is 4.74 Å². The van der Waals surface area contributed by atoms with Crippen molar-refractivity contribution in [2.24, 2.45) is 5.92 Å². The van der Waals surface area contributed by atoms with E-state index in [-0.39, 0.29) is 23.8 Å². The number of nitrogens with zero attached hydrogens (tertiary/aromatic N) is 1. The number of nitro benzene ring substituents is 1. The maximum Gasteiger partial charge on any atom is 0.284 e. The third-order valence-corrected chi connectivity index (χ3v) is 4.89. The summed E-state index contributed by atoms with van der Waals surface area (Å²) in [5, 5.41) is 11.6. The number of carbonyl (C=O) groups excluding carboxylic acids is 1. The van der Waals surface area contributed by atoms with Crippen LogP contribution in [0.4, 0.5) is 5.69 Å². The lowest BCUT2D eigenvalue weighted by atomic mass is 9.97. The Morgan fingerprint density at radius 1 is 1.18 bits per heavy atom. The van der Waals surface area contributed by atoms with Crippen molar-refractivity contribution in [2.75, 3.05) is 13.9 Å². The molecule has 1 aliphatic rings. The Morgan fingerprint density at radius 2 is 1.89 bits per heavy atom. The number of methoxy groups -OCH3 is 1. The summed E-state index contributed by atoms with van der Waals surface area (Å²) in [5.74, 6) is 0.215. The third kappa shape index (κ3) is 4.46. The van der Waals surface area contributed by atoms with Crippen molar-refractivity contribution in [3.63, 3.8) is 0 Å². The van der Waals surface area contributed by atoms with Gasteiger partial charge in [0.1, 0.15) is 11.3 Å². The van der Waals surface area contributed by atoms with E-state index in [4.69, 9.17) is 9.47 Å². The van der Waals surface area contributed by atoms with Gasteiger partial charge < -0.3 is 9.47 Å². The molecule has 0 heterocycles. The number of benzene rings is 2. The van der Waals surface area contributed by atoms with Crippen LogP contribution in [0.1, 0.15) is 47.2 Å². The van der Waals surface area contributed by atoms with Gasteiger partial charge in [0.15, 0.2) is 6.79 Å². The van der Waals surface area contributed by atoms with Gasteiger partial charge in [-0.1, -0.05) is 55.3 Å². The molecule has 0 radical (unpaired) electrons. The number of nitro groups is 1. The van der Waals surface area contributed by atoms with Crippen molar-refractivity contribution in [1.82, 2.24) is 0 Å². The Kier molecular flexibility index (Phi) is 6.55. The molecule has 0 spiro atoms. The number of hydrogen-bond donors (Lipinski definition) is 0. The number of carbonyl (C=O) groups is 1. The normalized spacial score (nSPS) is 14.5. The van der Waals surface area contributed by atoms with E-state index in [1.54, 1.807) is 36.4 Å². The van der Waals surface area contributed by atoms with E-state index in [1.165, 1.54) is 26.0 Å². The SMILES string of the molecule is COCOc1c(C=CC2CCCC2)ccc([N+](=O)[O-])c1C(=O)c1ccccc1. The second-order valence-electron chi connectivity index (χ2n) is 6.78. The lowest BCUT2D eigenvalue weighted by molar-refractivity contribution is -0.385. The molecular formula is C22H23NO5. The first-order chi connectivity index (χ1) is 13.6. The maximum atomic E-state index is 13.1. The van der Waals surface area contributed by atoms with Gasteiger partial charge >= 0.3 is 0 Å². The van der Waals surface area contributed by atoms with E-state index in [0.717, 1.165) is 12.8 Å². The molecule has 6 heteroatoms. The highest BCUT2D eigenvalue weighted by molar-refractivity contribution is 6.13. The molecule has 0 N–H and O–H groups in total. The fourth-order valence-corrected chi connectivity index (χ4v) is 3.49. The summed E-state index contributed by atoms with van der Waals surface area (Å²) >= 11 is 0. The van der Waals surface area contributed by atoms with Crippen molar-refractivity contribution in [3.8, 4) is 5.75 Å². The molecule has 1 saturated carbocycles. The lowest BCUT2D eigenvalue weighted by Gasteiger charge is -2.14. The lowest BCUT2D eigenvalue weighted by Crippen LogP contribution is -2.11. The predicted octanol–water partition coefficient (Wildman–Crippen LogP) is 5.01. The van der Waals surface area contributed by atoms with Gasteiger partial charge in [0.25, 0.3) is 5.69 Å². The summed E-state index contributed by atoms with van der Waals surface area (Å²) in [7, 11) is 1.46. The smallest absolute Gasteiger partial charge is 0.284 e. The standard InChI is InChI=1S/C22H23NO5/c1-27-15-28-22-18(12-11-16-7-5-6-8-16)13-14-19(23(25)26)20(22)21(24)17-9-3-2-4-10-17/h2-4,9-14,16H,5-8,15H2,1H3. The van der Waals surface area contributed by atoms with Gasteiger partial charge in [0.05, 0.1) is 4.92 Å². The molecule has 0 amide bonds. The van der Waals surface area contributed by atoms with Crippen molar-refractivity contribution >= 4 is 17.5 Å². The van der Waals surface area contributed by atoms with Gasteiger partial charge in [-0.3, -0.25) is 14.9 Å². The van der Waals surface area contributed by atoms with Crippen LogP contribution in [0.25, 0.3) is 6.08 Å². The number of allylic oxidation sites excluding steroid dienone is 1. The molecule has 28 heavy (non-hydrogen) atoms. The zero-order chi connectivity index (χ0) is 19.9. The molecule has 1 fully saturated rings. The van der Waals surface area contributed by atoms with Crippen LogP contribution in [0.5, 0.6) is 5.75 Å². The Morgan fingerprint density at radius 3 is 2.54 bits per heavy atom. The topological polar surface area (TPSA) is 78.7 Å². The summed E-state index contributed by atoms with van der Waals surface area (Å²) in [6.07, 6.45) is 8.68. The maximum absolute atomic E-state index is 13.1. The molecule has 0 atom stereocenters. The van der Waals surface area contributed by atoms with E-state index in [0.29, 0.717) is 17.0 Å².